The molecule has 0 unspecified atom stereocenters. The number of esters is 2. The molecule has 0 saturated heterocycles. The SMILES string of the molecule is COC(=O)c1ccc(COC(=O)c2c3c(nc4ccccc24)C(=Cc2ccc(C)cc2)CC3)cc1. The highest BCUT2D eigenvalue weighted by atomic mass is 16.5. The van der Waals surface area contributed by atoms with Crippen LogP contribution in [0.1, 0.15) is 55.1 Å². The molecule has 5 heteroatoms. The second-order valence-corrected chi connectivity index (χ2v) is 8.68. The average molecular weight is 464 g/mol. The van der Waals surface area contributed by atoms with Crippen LogP contribution in [0.25, 0.3) is 22.6 Å². The van der Waals surface area contributed by atoms with Crippen molar-refractivity contribution in [2.75, 3.05) is 7.11 Å². The van der Waals surface area contributed by atoms with Crippen molar-refractivity contribution in [3.63, 3.8) is 0 Å². The molecule has 0 spiro atoms. The number of ether oxygens (including phenoxy) is 2. The summed E-state index contributed by atoms with van der Waals surface area (Å²) in [5, 5.41) is 0.800. The van der Waals surface area contributed by atoms with Gasteiger partial charge < -0.3 is 9.47 Å². The van der Waals surface area contributed by atoms with Gasteiger partial charge in [0.25, 0.3) is 0 Å². The summed E-state index contributed by atoms with van der Waals surface area (Å²) in [6, 6.07) is 22.9. The van der Waals surface area contributed by atoms with Crippen molar-refractivity contribution < 1.29 is 19.1 Å². The van der Waals surface area contributed by atoms with Crippen LogP contribution in [0.2, 0.25) is 0 Å². The zero-order chi connectivity index (χ0) is 24.4. The van der Waals surface area contributed by atoms with Gasteiger partial charge in [-0.1, -0.05) is 60.2 Å². The third kappa shape index (κ3) is 4.58. The van der Waals surface area contributed by atoms with Gasteiger partial charge in [-0.2, -0.15) is 0 Å². The van der Waals surface area contributed by atoms with Crippen molar-refractivity contribution in [3.05, 3.63) is 112 Å². The molecule has 0 aliphatic heterocycles. The van der Waals surface area contributed by atoms with Crippen LogP contribution in [0.5, 0.6) is 0 Å². The Balaban J connectivity index is 1.46. The third-order valence-corrected chi connectivity index (χ3v) is 6.31. The average Bonchev–Trinajstić information content (AvgIpc) is 3.28. The van der Waals surface area contributed by atoms with Gasteiger partial charge in [-0.15, -0.1) is 0 Å². The molecule has 0 fully saturated rings. The lowest BCUT2D eigenvalue weighted by atomic mass is 10.0. The molecule has 0 radical (unpaired) electrons. The third-order valence-electron chi connectivity index (χ3n) is 6.31. The zero-order valence-corrected chi connectivity index (χ0v) is 19.7. The van der Waals surface area contributed by atoms with Gasteiger partial charge in [0.2, 0.25) is 0 Å². The van der Waals surface area contributed by atoms with Crippen molar-refractivity contribution in [1.29, 1.82) is 0 Å². The van der Waals surface area contributed by atoms with E-state index in [1.165, 1.54) is 12.7 Å². The van der Waals surface area contributed by atoms with E-state index in [0.717, 1.165) is 51.7 Å². The molecule has 0 amide bonds. The van der Waals surface area contributed by atoms with E-state index in [0.29, 0.717) is 11.1 Å². The number of allylic oxidation sites excluding steroid dienone is 1. The van der Waals surface area contributed by atoms with E-state index >= 15 is 0 Å². The maximum Gasteiger partial charge on any atom is 0.339 e. The number of methoxy groups -OCH3 is 1. The van der Waals surface area contributed by atoms with Crippen molar-refractivity contribution >= 4 is 34.5 Å². The molecule has 0 saturated carbocycles. The lowest BCUT2D eigenvalue weighted by Gasteiger charge is -2.12. The van der Waals surface area contributed by atoms with Crippen molar-refractivity contribution in [2.24, 2.45) is 0 Å². The number of carbonyl (C=O) groups is 2. The Bertz CT molecular complexity index is 1450. The number of aromatic nitrogens is 1. The van der Waals surface area contributed by atoms with Crippen molar-refractivity contribution in [3.8, 4) is 0 Å². The molecule has 0 atom stereocenters. The fraction of sp³-hybridized carbons (Fsp3) is 0.167. The summed E-state index contributed by atoms with van der Waals surface area (Å²) < 4.78 is 10.5. The second kappa shape index (κ2) is 9.55. The summed E-state index contributed by atoms with van der Waals surface area (Å²) >= 11 is 0. The Kier molecular flexibility index (Phi) is 6.15. The standard InChI is InChI=1S/C30H25NO4/c1-19-7-9-20(10-8-19)17-23-15-16-25-27(24-5-3-4-6-26(24)31-28(23)25)30(33)35-18-21-11-13-22(14-12-21)29(32)34-2/h3-14,17H,15-16,18H2,1-2H3. The number of nitrogens with zero attached hydrogens (tertiary/aromatic N) is 1. The predicted molar refractivity (Wildman–Crippen MR) is 136 cm³/mol. The Labute approximate surface area is 204 Å². The van der Waals surface area contributed by atoms with E-state index in [1.807, 2.05) is 24.3 Å². The number of pyridine rings is 1. The summed E-state index contributed by atoms with van der Waals surface area (Å²) in [5.74, 6) is -0.768. The molecular weight excluding hydrogens is 438 g/mol. The molecule has 4 aromatic rings. The quantitative estimate of drug-likeness (QED) is 0.331. The fourth-order valence-electron chi connectivity index (χ4n) is 4.45. The van der Waals surface area contributed by atoms with E-state index in [-0.39, 0.29) is 12.6 Å². The van der Waals surface area contributed by atoms with Crippen LogP contribution in [0.15, 0.2) is 72.8 Å². The summed E-state index contributed by atoms with van der Waals surface area (Å²) in [4.78, 5) is 29.9. The van der Waals surface area contributed by atoms with Crippen LogP contribution in [-0.4, -0.2) is 24.0 Å². The molecule has 1 aliphatic carbocycles. The molecule has 5 nitrogen and oxygen atoms in total. The number of para-hydroxylation sites is 1. The molecule has 0 bridgehead atoms. The second-order valence-electron chi connectivity index (χ2n) is 8.68. The first-order valence-corrected chi connectivity index (χ1v) is 11.6. The van der Waals surface area contributed by atoms with E-state index in [1.54, 1.807) is 24.3 Å². The van der Waals surface area contributed by atoms with E-state index in [2.05, 4.69) is 37.3 Å². The number of carbonyl (C=O) groups excluding carboxylic acids is 2. The molecule has 0 N–H and O–H groups in total. The van der Waals surface area contributed by atoms with Crippen molar-refractivity contribution in [1.82, 2.24) is 4.98 Å². The maximum atomic E-state index is 13.4. The summed E-state index contributed by atoms with van der Waals surface area (Å²) in [7, 11) is 1.34. The monoisotopic (exact) mass is 463 g/mol. The van der Waals surface area contributed by atoms with E-state index in [4.69, 9.17) is 14.5 Å². The highest BCUT2D eigenvalue weighted by Crippen LogP contribution is 2.38. The Morgan fingerprint density at radius 2 is 1.66 bits per heavy atom. The minimum Gasteiger partial charge on any atom is -0.465 e. The Morgan fingerprint density at radius 3 is 2.40 bits per heavy atom. The molecule has 3 aromatic carbocycles. The van der Waals surface area contributed by atoms with Gasteiger partial charge >= 0.3 is 11.9 Å². The van der Waals surface area contributed by atoms with Crippen LogP contribution in [0.4, 0.5) is 0 Å². The first kappa shape index (κ1) is 22.5. The molecule has 1 aliphatic rings. The van der Waals surface area contributed by atoms with Gasteiger partial charge in [0.15, 0.2) is 0 Å². The number of hydrogen-bond acceptors (Lipinski definition) is 5. The van der Waals surface area contributed by atoms with Gasteiger partial charge in [0.1, 0.15) is 6.61 Å². The fourth-order valence-corrected chi connectivity index (χ4v) is 4.45. The van der Waals surface area contributed by atoms with Crippen LogP contribution in [0.3, 0.4) is 0 Å². The highest BCUT2D eigenvalue weighted by molar-refractivity contribution is 6.07. The molecule has 1 heterocycles. The lowest BCUT2D eigenvalue weighted by molar-refractivity contribution is 0.0472. The largest absolute Gasteiger partial charge is 0.465 e. The van der Waals surface area contributed by atoms with Gasteiger partial charge in [-0.05, 0) is 66.3 Å². The van der Waals surface area contributed by atoms with E-state index in [9.17, 15) is 9.59 Å². The number of benzene rings is 3. The smallest absolute Gasteiger partial charge is 0.339 e. The maximum absolute atomic E-state index is 13.4. The minimum atomic E-state index is -0.401. The van der Waals surface area contributed by atoms with E-state index < -0.39 is 5.97 Å². The first-order chi connectivity index (χ1) is 17.0. The predicted octanol–water partition coefficient (Wildman–Crippen LogP) is 6.17. The number of aryl methyl sites for hydroxylation is 1. The summed E-state index contributed by atoms with van der Waals surface area (Å²) in [6.07, 6.45) is 3.72. The van der Waals surface area contributed by atoms with Crippen LogP contribution in [0, 0.1) is 6.92 Å². The Hall–Kier alpha value is -4.25. The zero-order valence-electron chi connectivity index (χ0n) is 19.7. The Morgan fingerprint density at radius 1 is 0.914 bits per heavy atom. The molecule has 1 aromatic heterocycles. The van der Waals surface area contributed by atoms with Gasteiger partial charge in [0.05, 0.1) is 29.4 Å². The number of rotatable bonds is 5. The topological polar surface area (TPSA) is 65.5 Å². The van der Waals surface area contributed by atoms with Crippen molar-refractivity contribution in [2.45, 2.75) is 26.4 Å². The van der Waals surface area contributed by atoms with Crippen LogP contribution >= 0.6 is 0 Å². The molecular formula is C30H25NO4. The normalized spacial score (nSPS) is 13.6. The van der Waals surface area contributed by atoms with Gasteiger partial charge in [-0.25, -0.2) is 14.6 Å². The minimum absolute atomic E-state index is 0.109. The summed E-state index contributed by atoms with van der Waals surface area (Å²) in [6.45, 7) is 2.18. The highest BCUT2D eigenvalue weighted by Gasteiger charge is 2.27. The first-order valence-electron chi connectivity index (χ1n) is 11.6. The molecule has 35 heavy (non-hydrogen) atoms. The molecule has 5 rings (SSSR count). The van der Waals surface area contributed by atoms with Crippen LogP contribution < -0.4 is 0 Å². The number of fused-ring (bicyclic) bond motifs is 2. The lowest BCUT2D eigenvalue weighted by Crippen LogP contribution is -2.10. The number of hydrogen-bond donors (Lipinski definition) is 0. The van der Waals surface area contributed by atoms with Crippen LogP contribution in [-0.2, 0) is 22.5 Å². The summed E-state index contributed by atoms with van der Waals surface area (Å²) in [5.41, 5.74) is 7.88. The molecule has 174 valence electrons. The van der Waals surface area contributed by atoms with Gasteiger partial charge in [0, 0.05) is 5.39 Å². The van der Waals surface area contributed by atoms with Gasteiger partial charge in [-0.3, -0.25) is 0 Å².